The first-order valence-corrected chi connectivity index (χ1v) is 7.61. The van der Waals surface area contributed by atoms with Crippen molar-refractivity contribution >= 4 is 17.5 Å². The molecule has 0 aliphatic carbocycles. The summed E-state index contributed by atoms with van der Waals surface area (Å²) in [5.74, 6) is 1.05. The van der Waals surface area contributed by atoms with Gasteiger partial charge in [0.2, 0.25) is 0 Å². The Bertz CT molecular complexity index is 434. The third-order valence-electron chi connectivity index (χ3n) is 3.51. The van der Waals surface area contributed by atoms with Crippen molar-refractivity contribution in [2.75, 3.05) is 13.7 Å². The Hall–Kier alpha value is -1.22. The van der Waals surface area contributed by atoms with Crippen molar-refractivity contribution in [2.24, 2.45) is 5.92 Å². The molecule has 0 bridgehead atoms. The molecule has 0 aromatic heterocycles. The van der Waals surface area contributed by atoms with Gasteiger partial charge in [0.1, 0.15) is 5.75 Å². The van der Waals surface area contributed by atoms with Gasteiger partial charge in [-0.15, -0.1) is 0 Å². The van der Waals surface area contributed by atoms with Crippen LogP contribution in [0, 0.1) is 5.92 Å². The maximum absolute atomic E-state index is 12.1. The van der Waals surface area contributed by atoms with Crippen LogP contribution in [0.15, 0.2) is 18.2 Å². The van der Waals surface area contributed by atoms with Gasteiger partial charge in [-0.2, -0.15) is 0 Å². The van der Waals surface area contributed by atoms with Crippen molar-refractivity contribution in [3.63, 3.8) is 0 Å². The topological polar surface area (TPSA) is 38.3 Å². The standard InChI is InChI=1S/C16H24ClNO2/c1-4-6-7-12(5-2)11-18-16(19)13-8-9-15(20-3)14(17)10-13/h8-10,12H,4-7,11H2,1-3H3,(H,18,19)/t12-/m1/s1. The summed E-state index contributed by atoms with van der Waals surface area (Å²) in [6, 6.07) is 5.08. The molecule has 1 rings (SSSR count). The van der Waals surface area contributed by atoms with E-state index >= 15 is 0 Å². The summed E-state index contributed by atoms with van der Waals surface area (Å²) in [6.45, 7) is 5.07. The molecule has 0 saturated heterocycles. The zero-order chi connectivity index (χ0) is 15.0. The van der Waals surface area contributed by atoms with E-state index in [0.29, 0.717) is 22.3 Å². The zero-order valence-corrected chi connectivity index (χ0v) is 13.3. The van der Waals surface area contributed by atoms with Crippen LogP contribution in [0.1, 0.15) is 49.9 Å². The minimum atomic E-state index is -0.0792. The number of rotatable bonds is 8. The lowest BCUT2D eigenvalue weighted by atomic mass is 9.99. The number of hydrogen-bond donors (Lipinski definition) is 1. The van der Waals surface area contributed by atoms with Crippen LogP contribution < -0.4 is 10.1 Å². The van der Waals surface area contributed by atoms with E-state index in [4.69, 9.17) is 16.3 Å². The highest BCUT2D eigenvalue weighted by Crippen LogP contribution is 2.24. The van der Waals surface area contributed by atoms with Crippen LogP contribution in [0.5, 0.6) is 5.75 Å². The van der Waals surface area contributed by atoms with E-state index in [9.17, 15) is 4.79 Å². The van der Waals surface area contributed by atoms with E-state index < -0.39 is 0 Å². The summed E-state index contributed by atoms with van der Waals surface area (Å²) in [7, 11) is 1.56. The summed E-state index contributed by atoms with van der Waals surface area (Å²) in [6.07, 6.45) is 4.65. The van der Waals surface area contributed by atoms with Crippen LogP contribution in [0.25, 0.3) is 0 Å². The van der Waals surface area contributed by atoms with Crippen LogP contribution in [0.2, 0.25) is 5.02 Å². The molecular formula is C16H24ClNO2. The Morgan fingerprint density at radius 2 is 2.15 bits per heavy atom. The van der Waals surface area contributed by atoms with Gasteiger partial charge in [0.05, 0.1) is 12.1 Å². The average Bonchev–Trinajstić information content (AvgIpc) is 2.47. The smallest absolute Gasteiger partial charge is 0.251 e. The van der Waals surface area contributed by atoms with E-state index in [1.54, 1.807) is 25.3 Å². The highest BCUT2D eigenvalue weighted by molar-refractivity contribution is 6.32. The first-order valence-electron chi connectivity index (χ1n) is 7.24. The molecule has 1 aromatic rings. The molecule has 1 atom stereocenters. The van der Waals surface area contributed by atoms with Gasteiger partial charge in [-0.3, -0.25) is 4.79 Å². The van der Waals surface area contributed by atoms with Crippen LogP contribution in [-0.2, 0) is 0 Å². The van der Waals surface area contributed by atoms with Crippen molar-refractivity contribution in [1.29, 1.82) is 0 Å². The predicted molar refractivity (Wildman–Crippen MR) is 83.6 cm³/mol. The normalized spacial score (nSPS) is 12.0. The van der Waals surface area contributed by atoms with E-state index in [0.717, 1.165) is 19.4 Å². The molecule has 1 amide bonds. The second-order valence-electron chi connectivity index (χ2n) is 4.98. The SMILES string of the molecule is CCCC[C@@H](CC)CNC(=O)c1ccc(OC)c(Cl)c1. The monoisotopic (exact) mass is 297 g/mol. The lowest BCUT2D eigenvalue weighted by Crippen LogP contribution is -2.29. The molecule has 0 saturated carbocycles. The number of hydrogen-bond acceptors (Lipinski definition) is 2. The molecule has 20 heavy (non-hydrogen) atoms. The highest BCUT2D eigenvalue weighted by atomic mass is 35.5. The summed E-state index contributed by atoms with van der Waals surface area (Å²) in [5.41, 5.74) is 0.571. The molecule has 112 valence electrons. The Labute approximate surface area is 126 Å². The van der Waals surface area contributed by atoms with Crippen molar-refractivity contribution < 1.29 is 9.53 Å². The summed E-state index contributed by atoms with van der Waals surface area (Å²) in [5, 5.41) is 3.44. The third kappa shape index (κ3) is 5.04. The van der Waals surface area contributed by atoms with Crippen LogP contribution in [-0.4, -0.2) is 19.6 Å². The number of amides is 1. The van der Waals surface area contributed by atoms with E-state index in [2.05, 4.69) is 19.2 Å². The van der Waals surface area contributed by atoms with Crippen LogP contribution in [0.3, 0.4) is 0 Å². The van der Waals surface area contributed by atoms with E-state index in [-0.39, 0.29) is 5.91 Å². The van der Waals surface area contributed by atoms with Crippen molar-refractivity contribution in [3.8, 4) is 5.75 Å². The van der Waals surface area contributed by atoms with Gasteiger partial charge in [0.25, 0.3) is 5.91 Å². The van der Waals surface area contributed by atoms with Crippen LogP contribution >= 0.6 is 11.6 Å². The number of unbranched alkanes of at least 4 members (excludes halogenated alkanes) is 1. The number of carbonyl (C=O) groups excluding carboxylic acids is 1. The molecule has 3 nitrogen and oxygen atoms in total. The Balaban J connectivity index is 2.55. The van der Waals surface area contributed by atoms with Gasteiger partial charge in [-0.1, -0.05) is 44.7 Å². The second kappa shape index (κ2) is 8.85. The highest BCUT2D eigenvalue weighted by Gasteiger charge is 2.11. The van der Waals surface area contributed by atoms with Gasteiger partial charge in [-0.05, 0) is 30.5 Å². The van der Waals surface area contributed by atoms with Crippen molar-refractivity contribution in [3.05, 3.63) is 28.8 Å². The molecule has 0 fully saturated rings. The lowest BCUT2D eigenvalue weighted by Gasteiger charge is -2.15. The molecule has 0 heterocycles. The number of methoxy groups -OCH3 is 1. The van der Waals surface area contributed by atoms with Gasteiger partial charge in [-0.25, -0.2) is 0 Å². The summed E-state index contributed by atoms with van der Waals surface area (Å²) >= 11 is 6.03. The minimum absolute atomic E-state index is 0.0792. The van der Waals surface area contributed by atoms with Crippen LogP contribution in [0.4, 0.5) is 0 Å². The largest absolute Gasteiger partial charge is 0.495 e. The molecule has 4 heteroatoms. The first-order chi connectivity index (χ1) is 9.62. The Kier molecular flexibility index (Phi) is 7.45. The van der Waals surface area contributed by atoms with Gasteiger partial charge in [0, 0.05) is 12.1 Å². The molecule has 1 aromatic carbocycles. The molecule has 1 N–H and O–H groups in total. The average molecular weight is 298 g/mol. The number of carbonyl (C=O) groups is 1. The number of benzene rings is 1. The summed E-state index contributed by atoms with van der Waals surface area (Å²) < 4.78 is 5.08. The number of nitrogens with one attached hydrogen (secondary N) is 1. The quantitative estimate of drug-likeness (QED) is 0.777. The molecule has 0 aliphatic heterocycles. The fourth-order valence-electron chi connectivity index (χ4n) is 2.09. The number of ether oxygens (including phenoxy) is 1. The zero-order valence-electron chi connectivity index (χ0n) is 12.5. The van der Waals surface area contributed by atoms with Gasteiger partial charge < -0.3 is 10.1 Å². The molecular weight excluding hydrogens is 274 g/mol. The fraction of sp³-hybridized carbons (Fsp3) is 0.562. The maximum Gasteiger partial charge on any atom is 0.251 e. The molecule has 0 unspecified atom stereocenters. The fourth-order valence-corrected chi connectivity index (χ4v) is 2.35. The Morgan fingerprint density at radius 3 is 2.70 bits per heavy atom. The molecule has 0 radical (unpaired) electrons. The molecule has 0 spiro atoms. The lowest BCUT2D eigenvalue weighted by molar-refractivity contribution is 0.0946. The van der Waals surface area contributed by atoms with Crippen molar-refractivity contribution in [2.45, 2.75) is 39.5 Å². The number of halogens is 1. The maximum atomic E-state index is 12.1. The van der Waals surface area contributed by atoms with Crippen molar-refractivity contribution in [1.82, 2.24) is 5.32 Å². The molecule has 0 aliphatic rings. The van der Waals surface area contributed by atoms with Gasteiger partial charge in [0.15, 0.2) is 0 Å². The Morgan fingerprint density at radius 1 is 1.40 bits per heavy atom. The third-order valence-corrected chi connectivity index (χ3v) is 3.80. The van der Waals surface area contributed by atoms with Gasteiger partial charge >= 0.3 is 0 Å². The minimum Gasteiger partial charge on any atom is -0.495 e. The van der Waals surface area contributed by atoms with E-state index in [1.165, 1.54) is 12.8 Å². The second-order valence-corrected chi connectivity index (χ2v) is 5.38. The predicted octanol–water partition coefficient (Wildman–Crippen LogP) is 4.29. The summed E-state index contributed by atoms with van der Waals surface area (Å²) in [4.78, 5) is 12.1. The van der Waals surface area contributed by atoms with E-state index in [1.807, 2.05) is 0 Å². The first kappa shape index (κ1) is 16.8.